The normalized spacial score (nSPS) is 11.7. The Morgan fingerprint density at radius 2 is 2.08 bits per heavy atom. The van der Waals surface area contributed by atoms with E-state index in [0.717, 1.165) is 0 Å². The minimum atomic E-state index is -0.451. The summed E-state index contributed by atoms with van der Waals surface area (Å²) in [5, 5.41) is 6.80. The molecule has 0 aliphatic rings. The molecule has 2 nitrogen and oxygen atoms in total. The lowest BCUT2D eigenvalue weighted by Gasteiger charge is -2.17. The van der Waals surface area contributed by atoms with Gasteiger partial charge in [-0.3, -0.25) is 0 Å². The molecular formula is C9H13FN2. The van der Waals surface area contributed by atoms with Crippen molar-refractivity contribution in [2.24, 2.45) is 5.41 Å². The second kappa shape index (κ2) is 3.17. The van der Waals surface area contributed by atoms with E-state index in [9.17, 15) is 4.39 Å². The van der Waals surface area contributed by atoms with E-state index in [1.807, 2.05) is 0 Å². The number of aromatic nitrogens is 2. The highest BCUT2D eigenvalue weighted by Gasteiger charge is 2.14. The summed E-state index contributed by atoms with van der Waals surface area (Å²) in [4.78, 5) is 0. The highest BCUT2D eigenvalue weighted by atomic mass is 19.1. The van der Waals surface area contributed by atoms with Gasteiger partial charge in [0.05, 0.1) is 6.20 Å². The summed E-state index contributed by atoms with van der Waals surface area (Å²) in [5.41, 5.74) is 0.724. The van der Waals surface area contributed by atoms with Crippen molar-refractivity contribution in [2.75, 3.05) is 0 Å². The molecule has 1 heterocycles. The molecule has 0 saturated carbocycles. The number of nitrogens with zero attached hydrogens (tertiary/aromatic N) is 2. The monoisotopic (exact) mass is 168 g/mol. The van der Waals surface area contributed by atoms with Gasteiger partial charge in [0.15, 0.2) is 0 Å². The van der Waals surface area contributed by atoms with Crippen LogP contribution in [0.1, 0.15) is 26.3 Å². The molecule has 12 heavy (non-hydrogen) atoms. The summed E-state index contributed by atoms with van der Waals surface area (Å²) >= 11 is 0. The molecule has 1 rings (SSSR count). The van der Waals surface area contributed by atoms with E-state index >= 15 is 0 Å². The van der Waals surface area contributed by atoms with E-state index in [1.54, 1.807) is 6.07 Å². The van der Waals surface area contributed by atoms with E-state index in [1.165, 1.54) is 6.20 Å². The van der Waals surface area contributed by atoms with Crippen LogP contribution in [-0.2, 0) is 6.42 Å². The molecule has 0 spiro atoms. The maximum atomic E-state index is 12.9. The van der Waals surface area contributed by atoms with Crippen LogP contribution >= 0.6 is 0 Å². The van der Waals surface area contributed by atoms with E-state index in [-0.39, 0.29) is 5.41 Å². The molecule has 0 aliphatic carbocycles. The average molecular weight is 168 g/mol. The van der Waals surface area contributed by atoms with E-state index in [4.69, 9.17) is 0 Å². The molecule has 0 saturated heterocycles. The highest BCUT2D eigenvalue weighted by molar-refractivity contribution is 5.09. The standard InChI is InChI=1S/C9H13FN2/c1-9(2,3)6-7-4-5-11-12-8(7)10/h4-5H,6H2,1-3H3. The van der Waals surface area contributed by atoms with Gasteiger partial charge in [-0.05, 0) is 17.9 Å². The third kappa shape index (κ3) is 2.57. The van der Waals surface area contributed by atoms with Gasteiger partial charge < -0.3 is 0 Å². The molecule has 0 aliphatic heterocycles. The molecule has 1 aromatic heterocycles. The Hall–Kier alpha value is -0.990. The number of rotatable bonds is 1. The molecule has 0 N–H and O–H groups in total. The van der Waals surface area contributed by atoms with Crippen LogP contribution in [0.4, 0.5) is 4.39 Å². The Labute approximate surface area is 71.8 Å². The first-order chi connectivity index (χ1) is 5.49. The Kier molecular flexibility index (Phi) is 2.40. The zero-order valence-corrected chi connectivity index (χ0v) is 7.63. The maximum absolute atomic E-state index is 12.9. The lowest BCUT2D eigenvalue weighted by atomic mass is 9.89. The van der Waals surface area contributed by atoms with E-state index in [0.29, 0.717) is 12.0 Å². The van der Waals surface area contributed by atoms with Gasteiger partial charge in [0, 0.05) is 5.56 Å². The third-order valence-electron chi connectivity index (χ3n) is 1.47. The fourth-order valence-electron chi connectivity index (χ4n) is 1.04. The number of hydrogen-bond donors (Lipinski definition) is 0. The van der Waals surface area contributed by atoms with Gasteiger partial charge in [-0.25, -0.2) is 0 Å². The van der Waals surface area contributed by atoms with Crippen molar-refractivity contribution in [2.45, 2.75) is 27.2 Å². The van der Waals surface area contributed by atoms with E-state index in [2.05, 4.69) is 31.0 Å². The molecule has 0 fully saturated rings. The maximum Gasteiger partial charge on any atom is 0.236 e. The molecule has 0 bridgehead atoms. The summed E-state index contributed by atoms with van der Waals surface area (Å²) in [6.07, 6.45) is 2.21. The summed E-state index contributed by atoms with van der Waals surface area (Å²) in [6.45, 7) is 6.19. The van der Waals surface area contributed by atoms with Crippen molar-refractivity contribution in [3.8, 4) is 0 Å². The summed E-state index contributed by atoms with van der Waals surface area (Å²) < 4.78 is 12.9. The van der Waals surface area contributed by atoms with Crippen molar-refractivity contribution >= 4 is 0 Å². The Morgan fingerprint density at radius 3 is 2.58 bits per heavy atom. The summed E-state index contributed by atoms with van der Waals surface area (Å²) in [7, 11) is 0. The smallest absolute Gasteiger partial charge is 0.183 e. The largest absolute Gasteiger partial charge is 0.236 e. The molecule has 3 heteroatoms. The second-order valence-corrected chi connectivity index (χ2v) is 4.08. The zero-order valence-electron chi connectivity index (χ0n) is 7.63. The predicted octanol–water partition coefficient (Wildman–Crippen LogP) is 2.20. The second-order valence-electron chi connectivity index (χ2n) is 4.08. The van der Waals surface area contributed by atoms with Crippen molar-refractivity contribution in [3.05, 3.63) is 23.8 Å². The van der Waals surface area contributed by atoms with Crippen LogP contribution in [0.3, 0.4) is 0 Å². The lowest BCUT2D eigenvalue weighted by molar-refractivity contribution is 0.396. The van der Waals surface area contributed by atoms with Gasteiger partial charge >= 0.3 is 0 Å². The van der Waals surface area contributed by atoms with Gasteiger partial charge in [-0.1, -0.05) is 20.8 Å². The SMILES string of the molecule is CC(C)(C)Cc1ccnnc1F. The van der Waals surface area contributed by atoms with Gasteiger partial charge in [0.25, 0.3) is 0 Å². The van der Waals surface area contributed by atoms with Crippen LogP contribution in [-0.4, -0.2) is 10.2 Å². The van der Waals surface area contributed by atoms with E-state index < -0.39 is 5.95 Å². The van der Waals surface area contributed by atoms with Crippen LogP contribution in [0.5, 0.6) is 0 Å². The fraction of sp³-hybridized carbons (Fsp3) is 0.556. The molecule has 0 aromatic carbocycles. The number of halogens is 1. The first kappa shape index (κ1) is 9.10. The molecule has 0 radical (unpaired) electrons. The van der Waals surface area contributed by atoms with Crippen LogP contribution in [0, 0.1) is 11.4 Å². The minimum absolute atomic E-state index is 0.0872. The average Bonchev–Trinajstić information content (AvgIpc) is 1.91. The third-order valence-corrected chi connectivity index (χ3v) is 1.47. The molecule has 0 unspecified atom stereocenters. The Bertz CT molecular complexity index is 265. The zero-order chi connectivity index (χ0) is 9.19. The summed E-state index contributed by atoms with van der Waals surface area (Å²) in [5.74, 6) is -0.451. The first-order valence-corrected chi connectivity index (χ1v) is 3.95. The molecule has 0 amide bonds. The lowest BCUT2D eigenvalue weighted by Crippen LogP contribution is -2.11. The van der Waals surface area contributed by atoms with Crippen molar-refractivity contribution in [1.29, 1.82) is 0 Å². The fourth-order valence-corrected chi connectivity index (χ4v) is 1.04. The quantitative estimate of drug-likeness (QED) is 0.642. The van der Waals surface area contributed by atoms with Crippen LogP contribution in [0.15, 0.2) is 12.3 Å². The molecule has 66 valence electrons. The predicted molar refractivity (Wildman–Crippen MR) is 45.1 cm³/mol. The minimum Gasteiger partial charge on any atom is -0.183 e. The Balaban J connectivity index is 2.83. The van der Waals surface area contributed by atoms with Gasteiger partial charge in [-0.15, -0.1) is 5.10 Å². The molecule has 1 aromatic rings. The Morgan fingerprint density at radius 1 is 1.42 bits per heavy atom. The van der Waals surface area contributed by atoms with Crippen molar-refractivity contribution < 1.29 is 4.39 Å². The topological polar surface area (TPSA) is 25.8 Å². The van der Waals surface area contributed by atoms with Gasteiger partial charge in [0.1, 0.15) is 0 Å². The van der Waals surface area contributed by atoms with Crippen molar-refractivity contribution in [3.63, 3.8) is 0 Å². The molecule has 0 atom stereocenters. The van der Waals surface area contributed by atoms with Gasteiger partial charge in [-0.2, -0.15) is 9.49 Å². The van der Waals surface area contributed by atoms with Gasteiger partial charge in [0.2, 0.25) is 5.95 Å². The van der Waals surface area contributed by atoms with Crippen LogP contribution in [0.25, 0.3) is 0 Å². The molecular weight excluding hydrogens is 155 g/mol. The number of hydrogen-bond acceptors (Lipinski definition) is 2. The summed E-state index contributed by atoms with van der Waals surface area (Å²) in [6, 6.07) is 1.67. The first-order valence-electron chi connectivity index (χ1n) is 3.95. The van der Waals surface area contributed by atoms with Crippen LogP contribution < -0.4 is 0 Å². The highest BCUT2D eigenvalue weighted by Crippen LogP contribution is 2.20. The van der Waals surface area contributed by atoms with Crippen LogP contribution in [0.2, 0.25) is 0 Å². The van der Waals surface area contributed by atoms with Crippen molar-refractivity contribution in [1.82, 2.24) is 10.2 Å².